The molecule has 3 unspecified atom stereocenters. The van der Waals surface area contributed by atoms with E-state index in [9.17, 15) is 19.4 Å². The number of hydrogen-bond donors (Lipinski definition) is 3. The Morgan fingerprint density at radius 2 is 1.09 bits per heavy atom. The van der Waals surface area contributed by atoms with Crippen molar-refractivity contribution in [2.45, 2.75) is 187 Å². The summed E-state index contributed by atoms with van der Waals surface area (Å²) in [5, 5.41) is 13.9. The van der Waals surface area contributed by atoms with Crippen molar-refractivity contribution in [3.8, 4) is 0 Å². The maximum Gasteiger partial charge on any atom is 0.472 e. The molecule has 0 spiro atoms. The second-order valence-corrected chi connectivity index (χ2v) is 17.5. The molecule has 0 bridgehead atoms. The summed E-state index contributed by atoms with van der Waals surface area (Å²) >= 11 is 0. The Bertz CT molecular complexity index is 1080. The van der Waals surface area contributed by atoms with Gasteiger partial charge >= 0.3 is 7.82 Å². The molecule has 0 aromatic rings. The van der Waals surface area contributed by atoms with Gasteiger partial charge in [0, 0.05) is 6.42 Å². The van der Waals surface area contributed by atoms with Crippen LogP contribution < -0.4 is 5.32 Å². The summed E-state index contributed by atoms with van der Waals surface area (Å²) in [4.78, 5) is 23.1. The van der Waals surface area contributed by atoms with Crippen molar-refractivity contribution in [3.05, 3.63) is 60.8 Å². The number of allylic oxidation sites excluding steroid dienone is 10. The Balaban J connectivity index is 4.45. The number of likely N-dealkylation sites (N-methyl/N-ethyl adjacent to an activating group) is 1. The van der Waals surface area contributed by atoms with Crippen molar-refractivity contribution in [1.82, 2.24) is 5.32 Å². The largest absolute Gasteiger partial charge is 0.472 e. The molecule has 0 aromatic carbocycles. The molecule has 3 atom stereocenters. The lowest BCUT2D eigenvalue weighted by molar-refractivity contribution is -0.870. The molecule has 0 fully saturated rings. The second-order valence-electron chi connectivity index (χ2n) is 16.0. The Morgan fingerprint density at radius 1 is 0.636 bits per heavy atom. The Labute approximate surface area is 339 Å². The molecular formula is C46H86N2O6P+. The van der Waals surface area contributed by atoms with Gasteiger partial charge in [-0.3, -0.25) is 13.8 Å². The highest BCUT2D eigenvalue weighted by Gasteiger charge is 2.28. The number of phosphoric ester groups is 1. The summed E-state index contributed by atoms with van der Waals surface area (Å²) in [6.45, 7) is 4.73. The van der Waals surface area contributed by atoms with E-state index in [2.05, 4.69) is 79.9 Å². The molecule has 0 saturated carbocycles. The third-order valence-corrected chi connectivity index (χ3v) is 10.5. The van der Waals surface area contributed by atoms with Gasteiger partial charge in [-0.25, -0.2) is 4.57 Å². The van der Waals surface area contributed by atoms with Crippen molar-refractivity contribution >= 4 is 13.7 Å². The fraction of sp³-hybridized carbons (Fsp3) is 0.761. The van der Waals surface area contributed by atoms with Crippen molar-refractivity contribution < 1.29 is 32.9 Å². The van der Waals surface area contributed by atoms with E-state index < -0.39 is 20.0 Å². The number of hydrogen-bond acceptors (Lipinski definition) is 5. The SMILES string of the molecule is CC/C=C\C/C=C\C/C=C\C/C=C\C/C=C\CCCCCC(=O)NC(COP(=O)(O)OCC[N+](C)(C)C)C(O)CCCCCCCCCCCCCCCC. The van der Waals surface area contributed by atoms with E-state index in [1.807, 2.05) is 21.1 Å². The first-order valence-electron chi connectivity index (χ1n) is 22.2. The Hall–Kier alpha value is -1.80. The van der Waals surface area contributed by atoms with Gasteiger partial charge in [0.1, 0.15) is 13.2 Å². The van der Waals surface area contributed by atoms with E-state index in [4.69, 9.17) is 9.05 Å². The predicted octanol–water partition coefficient (Wildman–Crippen LogP) is 12.2. The molecule has 9 heteroatoms. The number of nitrogens with one attached hydrogen (secondary N) is 1. The van der Waals surface area contributed by atoms with Crippen molar-refractivity contribution in [2.75, 3.05) is 40.9 Å². The van der Waals surface area contributed by atoms with Crippen LogP contribution in [-0.4, -0.2) is 73.4 Å². The molecular weight excluding hydrogens is 707 g/mol. The maximum absolute atomic E-state index is 12.9. The van der Waals surface area contributed by atoms with Crippen LogP contribution in [0.2, 0.25) is 0 Å². The molecule has 0 heterocycles. The summed E-state index contributed by atoms with van der Waals surface area (Å²) in [5.74, 6) is -0.179. The van der Waals surface area contributed by atoms with E-state index >= 15 is 0 Å². The molecule has 1 amide bonds. The van der Waals surface area contributed by atoms with E-state index in [1.165, 1.54) is 70.6 Å². The predicted molar refractivity (Wildman–Crippen MR) is 235 cm³/mol. The van der Waals surface area contributed by atoms with Crippen molar-refractivity contribution in [3.63, 3.8) is 0 Å². The number of nitrogens with zero attached hydrogens (tertiary/aromatic N) is 1. The van der Waals surface area contributed by atoms with Gasteiger partial charge in [0.15, 0.2) is 0 Å². The molecule has 0 aliphatic carbocycles. The van der Waals surface area contributed by atoms with E-state index in [0.29, 0.717) is 23.9 Å². The fourth-order valence-corrected chi connectivity index (χ4v) is 6.75. The summed E-state index contributed by atoms with van der Waals surface area (Å²) in [7, 11) is 1.58. The van der Waals surface area contributed by atoms with Crippen LogP contribution in [0, 0.1) is 0 Å². The lowest BCUT2D eigenvalue weighted by Gasteiger charge is -2.26. The zero-order chi connectivity index (χ0) is 40.7. The monoisotopic (exact) mass is 794 g/mol. The molecule has 3 N–H and O–H groups in total. The second kappa shape index (κ2) is 37.8. The third kappa shape index (κ3) is 40.2. The maximum atomic E-state index is 12.9. The lowest BCUT2D eigenvalue weighted by atomic mass is 10.0. The van der Waals surface area contributed by atoms with Crippen LogP contribution in [0.3, 0.4) is 0 Å². The zero-order valence-corrected chi connectivity index (χ0v) is 37.0. The van der Waals surface area contributed by atoms with Gasteiger partial charge in [0.2, 0.25) is 5.91 Å². The number of aliphatic hydroxyl groups is 1. The molecule has 0 radical (unpaired) electrons. The van der Waals surface area contributed by atoms with Gasteiger partial charge in [0.05, 0.1) is 39.9 Å². The van der Waals surface area contributed by atoms with Crippen LogP contribution in [0.15, 0.2) is 60.8 Å². The van der Waals surface area contributed by atoms with Crippen molar-refractivity contribution in [2.24, 2.45) is 0 Å². The molecule has 55 heavy (non-hydrogen) atoms. The number of phosphoric acid groups is 1. The highest BCUT2D eigenvalue weighted by atomic mass is 31.2. The minimum atomic E-state index is -4.32. The van der Waals surface area contributed by atoms with Crippen LogP contribution >= 0.6 is 7.82 Å². The van der Waals surface area contributed by atoms with E-state index in [0.717, 1.165) is 77.0 Å². The van der Waals surface area contributed by atoms with Crippen LogP contribution in [0.5, 0.6) is 0 Å². The summed E-state index contributed by atoms with van der Waals surface area (Å²) in [5.41, 5.74) is 0. The van der Waals surface area contributed by atoms with Gasteiger partial charge in [-0.1, -0.05) is 171 Å². The number of carbonyl (C=O) groups excluding carboxylic acids is 1. The Morgan fingerprint density at radius 3 is 1.58 bits per heavy atom. The van der Waals surface area contributed by atoms with Crippen molar-refractivity contribution in [1.29, 1.82) is 0 Å². The average molecular weight is 794 g/mol. The molecule has 0 aliphatic rings. The van der Waals surface area contributed by atoms with E-state index in [1.54, 1.807) is 0 Å². The fourth-order valence-electron chi connectivity index (χ4n) is 6.01. The lowest BCUT2D eigenvalue weighted by Crippen LogP contribution is -2.46. The average Bonchev–Trinajstić information content (AvgIpc) is 3.13. The topological polar surface area (TPSA) is 105 Å². The first kappa shape index (κ1) is 53.2. The third-order valence-electron chi connectivity index (χ3n) is 9.53. The van der Waals surface area contributed by atoms with Gasteiger partial charge in [0.25, 0.3) is 0 Å². The van der Waals surface area contributed by atoms with Gasteiger partial charge in [-0.05, 0) is 57.8 Å². The van der Waals surface area contributed by atoms with Crippen LogP contribution in [-0.2, 0) is 18.4 Å². The number of amides is 1. The van der Waals surface area contributed by atoms with Gasteiger partial charge in [-0.15, -0.1) is 0 Å². The Kier molecular flexibility index (Phi) is 36.5. The smallest absolute Gasteiger partial charge is 0.391 e. The quantitative estimate of drug-likeness (QED) is 0.0248. The summed E-state index contributed by atoms with van der Waals surface area (Å²) in [6.07, 6.45) is 48.1. The van der Waals surface area contributed by atoms with Gasteiger partial charge < -0.3 is 19.8 Å². The van der Waals surface area contributed by atoms with Crippen LogP contribution in [0.4, 0.5) is 0 Å². The highest BCUT2D eigenvalue weighted by Crippen LogP contribution is 2.43. The van der Waals surface area contributed by atoms with E-state index in [-0.39, 0.29) is 19.1 Å². The highest BCUT2D eigenvalue weighted by molar-refractivity contribution is 7.47. The first-order chi connectivity index (χ1) is 26.5. The number of aliphatic hydroxyl groups excluding tert-OH is 1. The first-order valence-corrected chi connectivity index (χ1v) is 23.6. The molecule has 0 aliphatic heterocycles. The summed E-state index contributed by atoms with van der Waals surface area (Å²) in [6, 6.07) is -0.779. The molecule has 0 aromatic heterocycles. The minimum Gasteiger partial charge on any atom is -0.391 e. The number of quaternary nitrogens is 1. The standard InChI is InChI=1S/C46H85N2O6P/c1-6-8-10-12-14-16-18-20-22-23-24-25-26-28-30-32-34-36-38-40-46(50)47-44(43-54-55(51,52)53-42-41-48(3,4)5)45(49)39-37-35-33-31-29-27-21-19-17-15-13-11-9-7-2/h8,10,14,16,20,22,24-25,28,30,44-45,49H,6-7,9,11-13,15,17-19,21,23,26-27,29,31-43H2,1-5H3,(H-,47,50,51,52)/p+1/b10-8-,16-14-,22-20-,25-24-,30-28-. The molecule has 320 valence electrons. The molecule has 8 nitrogen and oxygen atoms in total. The normalized spacial score (nSPS) is 15.0. The number of rotatable bonds is 39. The zero-order valence-electron chi connectivity index (χ0n) is 36.1. The number of unbranched alkanes of at least 4 members (excludes halogenated alkanes) is 16. The number of carbonyl (C=O) groups is 1. The minimum absolute atomic E-state index is 0.0650. The van der Waals surface area contributed by atoms with Crippen LogP contribution in [0.1, 0.15) is 174 Å². The molecule has 0 rings (SSSR count). The molecule has 0 saturated heterocycles. The van der Waals surface area contributed by atoms with Gasteiger partial charge in [-0.2, -0.15) is 0 Å². The van der Waals surface area contributed by atoms with Crippen LogP contribution in [0.25, 0.3) is 0 Å². The summed E-state index contributed by atoms with van der Waals surface area (Å²) < 4.78 is 23.6.